The summed E-state index contributed by atoms with van der Waals surface area (Å²) in [5.74, 6) is -0.0256. The van der Waals surface area contributed by atoms with Crippen LogP contribution in [0.5, 0.6) is 0 Å². The molecule has 1 fully saturated rings. The van der Waals surface area contributed by atoms with Gasteiger partial charge >= 0.3 is 6.09 Å². The minimum atomic E-state index is -0.580. The van der Waals surface area contributed by atoms with E-state index in [2.05, 4.69) is 25.7 Å². The molecule has 0 saturated heterocycles. The van der Waals surface area contributed by atoms with Crippen molar-refractivity contribution >= 4 is 23.4 Å². The van der Waals surface area contributed by atoms with Crippen LogP contribution in [0.15, 0.2) is 30.6 Å². The number of nitrogens with one attached hydrogen (secondary N) is 2. The molecule has 0 aromatic carbocycles. The fraction of sp³-hybridized carbons (Fsp3) is 0.455. The van der Waals surface area contributed by atoms with Crippen LogP contribution < -0.4 is 16.4 Å². The molecule has 4 rings (SSSR count). The number of fused-ring (bicyclic) bond motifs is 1. The lowest BCUT2D eigenvalue weighted by Crippen LogP contribution is -2.42. The Labute approximate surface area is 185 Å². The molecule has 3 heterocycles. The number of pyridine rings is 1. The fourth-order valence-corrected chi connectivity index (χ4v) is 3.80. The Kier molecular flexibility index (Phi) is 5.86. The summed E-state index contributed by atoms with van der Waals surface area (Å²) >= 11 is 0. The molecule has 0 spiro atoms. The Balaban J connectivity index is 1.40. The number of hydrogen-bond acceptors (Lipinski definition) is 7. The molecular formula is C22H28FN7O2. The number of hydrogen-bond donors (Lipinski definition) is 3. The number of nitrogen functional groups attached to an aromatic ring is 1. The highest BCUT2D eigenvalue weighted by Gasteiger charge is 2.25. The van der Waals surface area contributed by atoms with Crippen LogP contribution in [-0.2, 0) is 4.74 Å². The molecule has 170 valence electrons. The highest BCUT2D eigenvalue weighted by atomic mass is 19.1. The normalized spacial score (nSPS) is 19.0. The number of alkyl carbamates (subject to hydrolysis) is 1. The van der Waals surface area contributed by atoms with Gasteiger partial charge in [0.25, 0.3) is 0 Å². The molecule has 1 amide bonds. The van der Waals surface area contributed by atoms with Crippen LogP contribution in [0.2, 0.25) is 0 Å². The second kappa shape index (κ2) is 8.60. The zero-order chi connectivity index (χ0) is 22.9. The van der Waals surface area contributed by atoms with E-state index >= 15 is 0 Å². The Morgan fingerprint density at radius 2 is 1.88 bits per heavy atom. The number of nitrogens with zero attached hydrogens (tertiary/aromatic N) is 4. The van der Waals surface area contributed by atoms with Crippen molar-refractivity contribution in [3.8, 4) is 11.3 Å². The Morgan fingerprint density at radius 1 is 1.16 bits per heavy atom. The predicted octanol–water partition coefficient (Wildman–Crippen LogP) is 3.76. The van der Waals surface area contributed by atoms with Crippen molar-refractivity contribution in [3.63, 3.8) is 0 Å². The fourth-order valence-electron chi connectivity index (χ4n) is 3.80. The first kappa shape index (κ1) is 21.8. The summed E-state index contributed by atoms with van der Waals surface area (Å²) in [6.45, 7) is 5.55. The summed E-state index contributed by atoms with van der Waals surface area (Å²) in [6, 6.07) is 5.40. The van der Waals surface area contributed by atoms with Crippen molar-refractivity contribution < 1.29 is 13.9 Å². The molecular weight excluding hydrogens is 413 g/mol. The molecule has 32 heavy (non-hydrogen) atoms. The van der Waals surface area contributed by atoms with Gasteiger partial charge in [0.1, 0.15) is 11.4 Å². The van der Waals surface area contributed by atoms with Crippen LogP contribution in [0.4, 0.5) is 20.8 Å². The third-order valence-electron chi connectivity index (χ3n) is 5.33. The van der Waals surface area contributed by atoms with Gasteiger partial charge in [0.05, 0.1) is 11.9 Å². The molecule has 10 heteroatoms. The van der Waals surface area contributed by atoms with E-state index in [1.54, 1.807) is 10.7 Å². The molecule has 0 atom stereocenters. The van der Waals surface area contributed by atoms with Gasteiger partial charge in [-0.05, 0) is 64.7 Å². The summed E-state index contributed by atoms with van der Waals surface area (Å²) in [4.78, 5) is 20.2. The standard InChI is InChI=1S/C22H28FN7O2/c1-22(2,3)32-21(31)28-15-6-4-14(5-7-15)27-18-8-9-19-25-12-17(30(19)29-18)13-10-16(23)20(24)26-11-13/h8-12,14-15H,4-7H2,1-3H3,(H2,24,26)(H,27,29)(H,28,31)/t14-,15-. The summed E-state index contributed by atoms with van der Waals surface area (Å²) < 4.78 is 20.9. The van der Waals surface area contributed by atoms with Gasteiger partial charge in [-0.25, -0.2) is 23.7 Å². The number of anilines is 2. The first-order valence-electron chi connectivity index (χ1n) is 10.7. The smallest absolute Gasteiger partial charge is 0.407 e. The number of ether oxygens (including phenoxy) is 1. The number of imidazole rings is 1. The summed E-state index contributed by atoms with van der Waals surface area (Å²) in [5.41, 5.74) is 6.79. The summed E-state index contributed by atoms with van der Waals surface area (Å²) in [5, 5.41) is 11.1. The van der Waals surface area contributed by atoms with Crippen LogP contribution in [0.25, 0.3) is 16.9 Å². The van der Waals surface area contributed by atoms with Gasteiger partial charge in [-0.2, -0.15) is 0 Å². The monoisotopic (exact) mass is 441 g/mol. The maximum atomic E-state index is 13.9. The molecule has 1 saturated carbocycles. The van der Waals surface area contributed by atoms with E-state index in [0.717, 1.165) is 25.7 Å². The molecule has 3 aromatic heterocycles. The Morgan fingerprint density at radius 3 is 2.56 bits per heavy atom. The van der Waals surface area contributed by atoms with Crippen LogP contribution in [0.3, 0.4) is 0 Å². The summed E-state index contributed by atoms with van der Waals surface area (Å²) in [7, 11) is 0. The van der Waals surface area contributed by atoms with Gasteiger partial charge in [-0.15, -0.1) is 5.10 Å². The van der Waals surface area contributed by atoms with E-state index in [9.17, 15) is 9.18 Å². The average molecular weight is 442 g/mol. The third-order valence-corrected chi connectivity index (χ3v) is 5.33. The largest absolute Gasteiger partial charge is 0.444 e. The number of carbonyl (C=O) groups is 1. The molecule has 0 aliphatic heterocycles. The molecule has 4 N–H and O–H groups in total. The van der Waals surface area contributed by atoms with Gasteiger partial charge in [-0.3, -0.25) is 0 Å². The molecule has 0 radical (unpaired) electrons. The lowest BCUT2D eigenvalue weighted by Gasteiger charge is -2.30. The summed E-state index contributed by atoms with van der Waals surface area (Å²) in [6.07, 6.45) is 6.25. The quantitative estimate of drug-likeness (QED) is 0.564. The maximum absolute atomic E-state index is 13.9. The molecule has 1 aliphatic carbocycles. The van der Waals surface area contributed by atoms with Crippen LogP contribution in [0.1, 0.15) is 46.5 Å². The predicted molar refractivity (Wildman–Crippen MR) is 120 cm³/mol. The SMILES string of the molecule is CC(C)(C)OC(=O)N[C@H]1CC[C@H](Nc2ccc3ncc(-c4cnc(N)c(F)c4)n3n2)CC1. The topological polar surface area (TPSA) is 119 Å². The second-order valence-corrected chi connectivity index (χ2v) is 9.06. The van der Waals surface area contributed by atoms with E-state index in [1.165, 1.54) is 12.3 Å². The van der Waals surface area contributed by atoms with E-state index < -0.39 is 11.4 Å². The zero-order valence-corrected chi connectivity index (χ0v) is 18.4. The number of rotatable bonds is 4. The van der Waals surface area contributed by atoms with Gasteiger partial charge in [0, 0.05) is 23.8 Å². The molecule has 0 unspecified atom stereocenters. The second-order valence-electron chi connectivity index (χ2n) is 9.06. The van der Waals surface area contributed by atoms with Gasteiger partial charge in [0.15, 0.2) is 17.3 Å². The van der Waals surface area contributed by atoms with Crippen LogP contribution in [0, 0.1) is 5.82 Å². The van der Waals surface area contributed by atoms with Crippen molar-refractivity contribution in [2.24, 2.45) is 0 Å². The van der Waals surface area contributed by atoms with Crippen LogP contribution >= 0.6 is 0 Å². The first-order chi connectivity index (χ1) is 15.2. The number of aromatic nitrogens is 4. The Hall–Kier alpha value is -3.43. The van der Waals surface area contributed by atoms with E-state index in [4.69, 9.17) is 10.5 Å². The van der Waals surface area contributed by atoms with E-state index in [-0.39, 0.29) is 24.0 Å². The number of halogens is 1. The first-order valence-corrected chi connectivity index (χ1v) is 10.7. The van der Waals surface area contributed by atoms with Gasteiger partial charge in [0.2, 0.25) is 0 Å². The minimum absolute atomic E-state index is 0.103. The van der Waals surface area contributed by atoms with E-state index in [1.807, 2.05) is 32.9 Å². The third kappa shape index (κ3) is 5.06. The highest BCUT2D eigenvalue weighted by Crippen LogP contribution is 2.25. The van der Waals surface area contributed by atoms with Gasteiger partial charge in [-0.1, -0.05) is 0 Å². The average Bonchev–Trinajstić information content (AvgIpc) is 3.13. The number of carbonyl (C=O) groups excluding carboxylic acids is 1. The van der Waals surface area contributed by atoms with Crippen molar-refractivity contribution in [1.82, 2.24) is 24.9 Å². The lowest BCUT2D eigenvalue weighted by molar-refractivity contribution is 0.0492. The molecule has 9 nitrogen and oxygen atoms in total. The number of amides is 1. The van der Waals surface area contributed by atoms with Crippen molar-refractivity contribution in [2.75, 3.05) is 11.1 Å². The lowest BCUT2D eigenvalue weighted by atomic mass is 9.91. The Bertz CT molecular complexity index is 1120. The molecule has 3 aromatic rings. The number of nitrogens with two attached hydrogens (primary N) is 1. The molecule has 1 aliphatic rings. The minimum Gasteiger partial charge on any atom is -0.444 e. The highest BCUT2D eigenvalue weighted by molar-refractivity contribution is 5.68. The van der Waals surface area contributed by atoms with Crippen molar-refractivity contribution in [2.45, 2.75) is 64.1 Å². The maximum Gasteiger partial charge on any atom is 0.407 e. The van der Waals surface area contributed by atoms with Gasteiger partial charge < -0.3 is 21.1 Å². The molecule has 0 bridgehead atoms. The van der Waals surface area contributed by atoms with Crippen molar-refractivity contribution in [1.29, 1.82) is 0 Å². The van der Waals surface area contributed by atoms with Crippen LogP contribution in [-0.4, -0.2) is 43.4 Å². The zero-order valence-electron chi connectivity index (χ0n) is 18.4. The van der Waals surface area contributed by atoms with E-state index in [0.29, 0.717) is 22.7 Å². The van der Waals surface area contributed by atoms with Crippen molar-refractivity contribution in [3.05, 3.63) is 36.4 Å².